The Morgan fingerprint density at radius 3 is 2.20 bits per heavy atom. The molecule has 0 aromatic heterocycles. The van der Waals surface area contributed by atoms with Gasteiger partial charge >= 0.3 is 0 Å². The van der Waals surface area contributed by atoms with Gasteiger partial charge in [0, 0.05) is 13.1 Å². The number of rotatable bonds is 2. The van der Waals surface area contributed by atoms with E-state index in [1.165, 1.54) is 32.1 Å². The van der Waals surface area contributed by atoms with Crippen LogP contribution in [0.4, 0.5) is 0 Å². The van der Waals surface area contributed by atoms with Gasteiger partial charge in [0.05, 0.1) is 0 Å². The summed E-state index contributed by atoms with van der Waals surface area (Å²) >= 11 is 0. The van der Waals surface area contributed by atoms with E-state index >= 15 is 0 Å². The van der Waals surface area contributed by atoms with Gasteiger partial charge in [0.15, 0.2) is 5.84 Å². The van der Waals surface area contributed by atoms with Crippen molar-refractivity contribution in [3.05, 3.63) is 0 Å². The van der Waals surface area contributed by atoms with Crippen LogP contribution in [-0.4, -0.2) is 34.9 Å². The summed E-state index contributed by atoms with van der Waals surface area (Å²) in [6.45, 7) is 5.05. The van der Waals surface area contributed by atoms with E-state index in [0.29, 0.717) is 5.41 Å². The molecule has 2 rings (SSSR count). The topological polar surface area (TPSA) is 78.9 Å². The second-order valence-corrected chi connectivity index (χ2v) is 6.96. The standard InChI is InChI=1S/C15H27N3O2/c1-14(2,12(16)17-20)13(19)18-10-8-15(9-11-18)6-4-3-5-7-15/h20H,3-11H2,1-2H3,(H2,16,17). The van der Waals surface area contributed by atoms with E-state index in [1.807, 2.05) is 4.90 Å². The highest BCUT2D eigenvalue weighted by molar-refractivity contribution is 6.05. The Morgan fingerprint density at radius 1 is 1.15 bits per heavy atom. The maximum atomic E-state index is 12.5. The molecule has 0 aromatic carbocycles. The summed E-state index contributed by atoms with van der Waals surface area (Å²) in [5, 5.41) is 11.8. The van der Waals surface area contributed by atoms with Gasteiger partial charge in [0.1, 0.15) is 5.41 Å². The highest BCUT2D eigenvalue weighted by Gasteiger charge is 2.41. The number of nitrogens with two attached hydrogens (primary N) is 1. The van der Waals surface area contributed by atoms with Crippen molar-refractivity contribution >= 4 is 11.7 Å². The molecule has 20 heavy (non-hydrogen) atoms. The highest BCUT2D eigenvalue weighted by Crippen LogP contribution is 2.44. The summed E-state index contributed by atoms with van der Waals surface area (Å²) in [4.78, 5) is 14.4. The molecule has 1 amide bonds. The minimum Gasteiger partial charge on any atom is -0.409 e. The maximum Gasteiger partial charge on any atom is 0.235 e. The largest absolute Gasteiger partial charge is 0.409 e. The zero-order valence-electron chi connectivity index (χ0n) is 12.7. The Bertz CT molecular complexity index is 388. The lowest BCUT2D eigenvalue weighted by Gasteiger charge is -2.45. The van der Waals surface area contributed by atoms with Crippen molar-refractivity contribution in [1.29, 1.82) is 0 Å². The molecule has 1 heterocycles. The average molecular weight is 281 g/mol. The molecule has 5 heteroatoms. The van der Waals surface area contributed by atoms with Crippen LogP contribution in [0.2, 0.25) is 0 Å². The van der Waals surface area contributed by atoms with Gasteiger partial charge in [-0.05, 0) is 44.9 Å². The van der Waals surface area contributed by atoms with Crippen molar-refractivity contribution in [2.24, 2.45) is 21.7 Å². The van der Waals surface area contributed by atoms with Gasteiger partial charge in [-0.25, -0.2) is 0 Å². The van der Waals surface area contributed by atoms with Gasteiger partial charge in [-0.2, -0.15) is 0 Å². The van der Waals surface area contributed by atoms with Crippen LogP contribution >= 0.6 is 0 Å². The molecule has 1 aliphatic heterocycles. The number of oxime groups is 1. The van der Waals surface area contributed by atoms with Crippen LogP contribution in [0.25, 0.3) is 0 Å². The molecular formula is C15H27N3O2. The van der Waals surface area contributed by atoms with Crippen LogP contribution in [0.5, 0.6) is 0 Å². The second-order valence-electron chi connectivity index (χ2n) is 6.96. The molecule has 1 saturated heterocycles. The van der Waals surface area contributed by atoms with E-state index in [2.05, 4.69) is 5.16 Å². The zero-order valence-corrected chi connectivity index (χ0v) is 12.7. The quantitative estimate of drug-likeness (QED) is 0.353. The fourth-order valence-corrected chi connectivity index (χ4v) is 3.62. The van der Waals surface area contributed by atoms with Gasteiger partial charge in [-0.15, -0.1) is 0 Å². The van der Waals surface area contributed by atoms with E-state index in [0.717, 1.165) is 25.9 Å². The van der Waals surface area contributed by atoms with Crippen molar-refractivity contribution in [2.75, 3.05) is 13.1 Å². The van der Waals surface area contributed by atoms with Crippen LogP contribution in [0, 0.1) is 10.8 Å². The van der Waals surface area contributed by atoms with Gasteiger partial charge < -0.3 is 15.8 Å². The molecule has 2 fully saturated rings. The monoisotopic (exact) mass is 281 g/mol. The second kappa shape index (κ2) is 5.62. The number of likely N-dealkylation sites (tertiary alicyclic amines) is 1. The molecular weight excluding hydrogens is 254 g/mol. The van der Waals surface area contributed by atoms with Crippen molar-refractivity contribution in [3.63, 3.8) is 0 Å². The lowest BCUT2D eigenvalue weighted by molar-refractivity contribution is -0.139. The van der Waals surface area contributed by atoms with Crippen molar-refractivity contribution < 1.29 is 10.0 Å². The van der Waals surface area contributed by atoms with E-state index in [1.54, 1.807) is 13.8 Å². The number of amides is 1. The smallest absolute Gasteiger partial charge is 0.235 e. The third kappa shape index (κ3) is 2.76. The molecule has 0 bridgehead atoms. The molecule has 114 valence electrons. The Morgan fingerprint density at radius 2 is 1.70 bits per heavy atom. The van der Waals surface area contributed by atoms with Gasteiger partial charge in [-0.3, -0.25) is 4.79 Å². The molecule has 2 aliphatic rings. The fraction of sp³-hybridized carbons (Fsp3) is 0.867. The Labute approximate surface area is 121 Å². The van der Waals surface area contributed by atoms with Crippen LogP contribution in [0.3, 0.4) is 0 Å². The molecule has 1 aliphatic carbocycles. The molecule has 3 N–H and O–H groups in total. The van der Waals surface area contributed by atoms with Gasteiger partial charge in [-0.1, -0.05) is 24.4 Å². The molecule has 0 unspecified atom stereocenters. The van der Waals surface area contributed by atoms with E-state index in [-0.39, 0.29) is 11.7 Å². The summed E-state index contributed by atoms with van der Waals surface area (Å²) < 4.78 is 0. The van der Waals surface area contributed by atoms with E-state index in [9.17, 15) is 4.79 Å². The number of amidine groups is 1. The number of carbonyl (C=O) groups is 1. The summed E-state index contributed by atoms with van der Waals surface area (Å²) in [6, 6.07) is 0. The summed E-state index contributed by atoms with van der Waals surface area (Å²) in [5.41, 5.74) is 5.20. The average Bonchev–Trinajstić information content (AvgIpc) is 2.47. The summed E-state index contributed by atoms with van der Waals surface area (Å²) in [7, 11) is 0. The van der Waals surface area contributed by atoms with E-state index < -0.39 is 5.41 Å². The first-order valence-corrected chi connectivity index (χ1v) is 7.69. The lowest BCUT2D eigenvalue weighted by atomic mass is 9.68. The maximum absolute atomic E-state index is 12.5. The van der Waals surface area contributed by atoms with Crippen LogP contribution < -0.4 is 5.73 Å². The van der Waals surface area contributed by atoms with Gasteiger partial charge in [0.25, 0.3) is 0 Å². The van der Waals surface area contributed by atoms with Crippen molar-refractivity contribution in [1.82, 2.24) is 4.90 Å². The summed E-state index contributed by atoms with van der Waals surface area (Å²) in [6.07, 6.45) is 8.88. The Hall–Kier alpha value is -1.26. The first-order valence-electron chi connectivity index (χ1n) is 7.69. The molecule has 5 nitrogen and oxygen atoms in total. The van der Waals surface area contributed by atoms with Crippen LogP contribution in [0.15, 0.2) is 5.16 Å². The Balaban J connectivity index is 1.98. The minimum atomic E-state index is -0.925. The number of piperidine rings is 1. The minimum absolute atomic E-state index is 0.0135. The lowest BCUT2D eigenvalue weighted by Crippen LogP contribution is -2.52. The zero-order chi connectivity index (χ0) is 14.8. The predicted octanol–water partition coefficient (Wildman–Crippen LogP) is 2.33. The predicted molar refractivity (Wildman–Crippen MR) is 78.5 cm³/mol. The van der Waals surface area contributed by atoms with Crippen molar-refractivity contribution in [3.8, 4) is 0 Å². The molecule has 0 radical (unpaired) electrons. The van der Waals surface area contributed by atoms with Crippen LogP contribution in [-0.2, 0) is 4.79 Å². The molecule has 0 atom stereocenters. The molecule has 1 spiro atoms. The third-order valence-corrected chi connectivity index (χ3v) is 5.31. The van der Waals surface area contributed by atoms with E-state index in [4.69, 9.17) is 10.9 Å². The molecule has 1 saturated carbocycles. The SMILES string of the molecule is CC(C)(C(=O)N1CCC2(CCCCC2)CC1)C(N)=NO. The molecule has 0 aromatic rings. The number of nitrogens with zero attached hydrogens (tertiary/aromatic N) is 2. The first kappa shape index (κ1) is 15.1. The number of hydrogen-bond donors (Lipinski definition) is 2. The number of carbonyl (C=O) groups excluding carboxylic acids is 1. The van der Waals surface area contributed by atoms with Gasteiger partial charge in [0.2, 0.25) is 5.91 Å². The van der Waals surface area contributed by atoms with Crippen molar-refractivity contribution in [2.45, 2.75) is 58.8 Å². The highest BCUT2D eigenvalue weighted by atomic mass is 16.4. The summed E-state index contributed by atoms with van der Waals surface area (Å²) in [5.74, 6) is -0.0427. The third-order valence-electron chi connectivity index (χ3n) is 5.31. The Kier molecular flexibility index (Phi) is 4.25. The number of hydrogen-bond acceptors (Lipinski definition) is 3. The fourth-order valence-electron chi connectivity index (χ4n) is 3.62. The first-order chi connectivity index (χ1) is 9.41. The normalized spacial score (nSPS) is 23.9. The van der Waals surface area contributed by atoms with Crippen LogP contribution in [0.1, 0.15) is 58.8 Å².